The molecule has 47 heavy (non-hydrogen) atoms. The predicted molar refractivity (Wildman–Crippen MR) is 214 cm³/mol. The van der Waals surface area contributed by atoms with E-state index in [9.17, 15) is 25.5 Å². The minimum atomic E-state index is 0.150. The molecule has 0 bridgehead atoms. The van der Waals surface area contributed by atoms with Crippen LogP contribution < -0.4 is 0 Å². The first-order chi connectivity index (χ1) is 22.1. The highest BCUT2D eigenvalue weighted by atomic mass is 127. The van der Waals surface area contributed by atoms with Crippen LogP contribution in [-0.4, -0.2) is 25.5 Å². The second-order valence-corrected chi connectivity index (χ2v) is 16.4. The molecule has 0 heterocycles. The number of aromatic hydroxyl groups is 4. The quantitative estimate of drug-likeness (QED) is 0.113. The Kier molecular flexibility index (Phi) is 11.1. The molecule has 0 aliphatic heterocycles. The highest BCUT2D eigenvalue weighted by molar-refractivity contribution is 14.1. The van der Waals surface area contributed by atoms with Gasteiger partial charge in [0.05, 0.1) is 10.7 Å². The van der Waals surface area contributed by atoms with Crippen molar-refractivity contribution in [1.29, 1.82) is 0 Å². The van der Waals surface area contributed by atoms with Crippen molar-refractivity contribution >= 4 is 67.8 Å². The van der Waals surface area contributed by atoms with Crippen LogP contribution in [-0.2, 0) is 25.7 Å². The summed E-state index contributed by atoms with van der Waals surface area (Å²) in [5.41, 5.74) is 9.90. The van der Waals surface area contributed by atoms with Crippen molar-refractivity contribution in [2.75, 3.05) is 0 Å². The number of halogens is 3. The van der Waals surface area contributed by atoms with Crippen molar-refractivity contribution in [3.05, 3.63) is 132 Å². The minimum absolute atomic E-state index is 0.150. The summed E-state index contributed by atoms with van der Waals surface area (Å²) in [5, 5.41) is 54.1. The number of benzene rings is 4. The summed E-state index contributed by atoms with van der Waals surface area (Å²) in [7, 11) is 0. The molecule has 0 fully saturated rings. The monoisotopic (exact) mass is 968 g/mol. The van der Waals surface area contributed by atoms with E-state index in [2.05, 4.69) is 80.8 Å². The second-order valence-electron chi connectivity index (χ2n) is 12.9. The zero-order valence-electron chi connectivity index (χ0n) is 27.0. The van der Waals surface area contributed by atoms with Crippen molar-refractivity contribution in [1.82, 2.24) is 0 Å². The van der Waals surface area contributed by atoms with Gasteiger partial charge in [-0.15, -0.1) is 0 Å². The zero-order chi connectivity index (χ0) is 34.3. The van der Waals surface area contributed by atoms with Crippen LogP contribution in [0.25, 0.3) is 0 Å². The maximum atomic E-state index is 11.6. The van der Waals surface area contributed by atoms with E-state index >= 15 is 0 Å². The Balaban J connectivity index is 1.42. The van der Waals surface area contributed by atoms with E-state index in [1.807, 2.05) is 76.2 Å². The number of aliphatic hydroxyl groups is 1. The maximum Gasteiger partial charge on any atom is 0.142 e. The molecule has 5 nitrogen and oxygen atoms in total. The molecule has 5 N–H and O–H groups in total. The fourth-order valence-corrected chi connectivity index (χ4v) is 9.36. The van der Waals surface area contributed by atoms with Crippen LogP contribution in [0.4, 0.5) is 0 Å². The number of hydrogen-bond acceptors (Lipinski definition) is 5. The lowest BCUT2D eigenvalue weighted by Crippen LogP contribution is -2.19. The van der Waals surface area contributed by atoms with Gasteiger partial charge in [-0.3, -0.25) is 0 Å². The molecule has 0 radical (unpaired) electrons. The Morgan fingerprint density at radius 3 is 1.53 bits per heavy atom. The van der Waals surface area contributed by atoms with Gasteiger partial charge in [0.25, 0.3) is 0 Å². The van der Waals surface area contributed by atoms with Gasteiger partial charge in [0.2, 0.25) is 0 Å². The van der Waals surface area contributed by atoms with Gasteiger partial charge in [0.15, 0.2) is 0 Å². The minimum Gasteiger partial charge on any atom is -0.507 e. The van der Waals surface area contributed by atoms with Crippen LogP contribution >= 0.6 is 67.8 Å². The summed E-state index contributed by atoms with van der Waals surface area (Å²) >= 11 is 6.42. The van der Waals surface area contributed by atoms with Crippen LogP contribution in [0.15, 0.2) is 69.5 Å². The van der Waals surface area contributed by atoms with Crippen molar-refractivity contribution in [3.63, 3.8) is 0 Å². The van der Waals surface area contributed by atoms with E-state index in [0.29, 0.717) is 37.2 Å². The number of phenols is 4. The van der Waals surface area contributed by atoms with Gasteiger partial charge in [-0.2, -0.15) is 0 Å². The standard InChI is InChI=1S/C39H39I3O5/c1-19-6-28(10-24-8-20(2)35(43)30(12-24)14-26-15-32(40)39(47)33(41)16-26)38(46)29(7-19)11-25-9-21(3)36(44)31(13-25)17-27-18-34(42)37(45)23(5)22(27)4/h6-9,12-13,15-16,18,22,27,43-47H,10-11,14,17H2,1-5H3. The third-order valence-corrected chi connectivity index (χ3v) is 11.8. The van der Waals surface area contributed by atoms with E-state index in [1.54, 1.807) is 0 Å². The second kappa shape index (κ2) is 14.6. The van der Waals surface area contributed by atoms with E-state index in [0.717, 1.165) is 71.9 Å². The number of phenolic OH excluding ortho intramolecular Hbond substituents is 4. The molecule has 4 aromatic rings. The maximum absolute atomic E-state index is 11.6. The van der Waals surface area contributed by atoms with Crippen molar-refractivity contribution in [3.8, 4) is 23.0 Å². The molecule has 0 aromatic heterocycles. The van der Waals surface area contributed by atoms with Crippen molar-refractivity contribution < 1.29 is 25.5 Å². The van der Waals surface area contributed by atoms with Gasteiger partial charge >= 0.3 is 0 Å². The lowest BCUT2D eigenvalue weighted by atomic mass is 9.79. The summed E-state index contributed by atoms with van der Waals surface area (Å²) < 4.78 is 2.38. The zero-order valence-corrected chi connectivity index (χ0v) is 33.5. The SMILES string of the molecule is CC1=C(O)C(I)=CC(Cc2cc(Cc3cc(C)cc(Cc4cc(C)c(O)c(Cc5cc(I)c(O)c(I)c5)c4)c3O)cc(C)c2O)C1C. The van der Waals surface area contributed by atoms with E-state index < -0.39 is 0 Å². The highest BCUT2D eigenvalue weighted by Gasteiger charge is 2.27. The Labute approximate surface area is 317 Å². The number of allylic oxidation sites excluding steroid dienone is 3. The normalized spacial score (nSPS) is 16.5. The third-order valence-electron chi connectivity index (χ3n) is 9.29. The van der Waals surface area contributed by atoms with E-state index in [4.69, 9.17) is 0 Å². The highest BCUT2D eigenvalue weighted by Crippen LogP contribution is 2.40. The van der Waals surface area contributed by atoms with Gasteiger partial charge < -0.3 is 25.5 Å². The summed E-state index contributed by atoms with van der Waals surface area (Å²) in [6.07, 6.45) is 4.28. The van der Waals surface area contributed by atoms with Gasteiger partial charge in [0, 0.05) is 19.3 Å². The largest absolute Gasteiger partial charge is 0.507 e. The van der Waals surface area contributed by atoms with Gasteiger partial charge in [-0.25, -0.2) is 0 Å². The first kappa shape index (κ1) is 35.8. The molecule has 0 saturated heterocycles. The lowest BCUT2D eigenvalue weighted by molar-refractivity contribution is 0.378. The van der Waals surface area contributed by atoms with Crippen LogP contribution in [0.5, 0.6) is 23.0 Å². The van der Waals surface area contributed by atoms with Crippen molar-refractivity contribution in [2.24, 2.45) is 11.8 Å². The average Bonchev–Trinajstić information content (AvgIpc) is 3.00. The molecular formula is C39H39I3O5. The summed E-state index contributed by atoms with van der Waals surface area (Å²) in [6, 6.07) is 15.9. The molecule has 0 amide bonds. The Morgan fingerprint density at radius 1 is 0.553 bits per heavy atom. The number of aryl methyl sites for hydroxylation is 3. The molecule has 8 heteroatoms. The Hall–Kier alpha value is -2.45. The molecule has 0 saturated carbocycles. The number of rotatable bonds is 8. The molecule has 1 aliphatic rings. The molecule has 1 aliphatic carbocycles. The Morgan fingerprint density at radius 2 is 1.00 bits per heavy atom. The number of aliphatic hydroxyl groups excluding tert-OH is 1. The lowest BCUT2D eigenvalue weighted by Gasteiger charge is -2.28. The molecule has 0 spiro atoms. The molecule has 246 valence electrons. The van der Waals surface area contributed by atoms with Gasteiger partial charge in [0.1, 0.15) is 28.8 Å². The summed E-state index contributed by atoms with van der Waals surface area (Å²) in [6.45, 7) is 9.92. The fraction of sp³-hybridized carbons (Fsp3) is 0.282. The van der Waals surface area contributed by atoms with Gasteiger partial charge in [-0.05, 0) is 182 Å². The van der Waals surface area contributed by atoms with Crippen LogP contribution in [0.2, 0.25) is 0 Å². The van der Waals surface area contributed by atoms with Crippen LogP contribution in [0, 0.1) is 39.7 Å². The number of hydrogen-bond donors (Lipinski definition) is 5. The predicted octanol–water partition coefficient (Wildman–Crippen LogP) is 10.4. The van der Waals surface area contributed by atoms with E-state index in [-0.39, 0.29) is 29.1 Å². The Bertz CT molecular complexity index is 1920. The summed E-state index contributed by atoms with van der Waals surface area (Å²) in [5.74, 6) is 1.74. The molecule has 2 atom stereocenters. The van der Waals surface area contributed by atoms with E-state index in [1.165, 1.54) is 0 Å². The first-order valence-electron chi connectivity index (χ1n) is 15.5. The topological polar surface area (TPSA) is 101 Å². The van der Waals surface area contributed by atoms with Crippen LogP contribution in [0.3, 0.4) is 0 Å². The molecule has 5 rings (SSSR count). The molecule has 4 aromatic carbocycles. The molecular weight excluding hydrogens is 929 g/mol. The van der Waals surface area contributed by atoms with Crippen molar-refractivity contribution in [2.45, 2.75) is 60.3 Å². The fourth-order valence-electron chi connectivity index (χ4n) is 6.57. The van der Waals surface area contributed by atoms with Gasteiger partial charge in [-0.1, -0.05) is 55.0 Å². The van der Waals surface area contributed by atoms with Crippen LogP contribution in [0.1, 0.15) is 69.5 Å². The smallest absolute Gasteiger partial charge is 0.142 e. The molecule has 2 unspecified atom stereocenters. The average molecular weight is 968 g/mol. The first-order valence-corrected chi connectivity index (χ1v) is 18.7. The summed E-state index contributed by atoms with van der Waals surface area (Å²) in [4.78, 5) is 0. The third kappa shape index (κ3) is 7.90.